The summed E-state index contributed by atoms with van der Waals surface area (Å²) >= 11 is 1.71. The monoisotopic (exact) mass is 317 g/mol. The third kappa shape index (κ3) is 5.50. The third-order valence-corrected chi connectivity index (χ3v) is 3.95. The van der Waals surface area contributed by atoms with E-state index in [1.807, 2.05) is 6.92 Å². The number of hydrogen-bond acceptors (Lipinski definition) is 3. The molecule has 0 spiro atoms. The molecule has 1 aromatic heterocycles. The number of aliphatic imine (C=N–C) groups is 1. The molecule has 0 unspecified atom stereocenters. The van der Waals surface area contributed by atoms with Gasteiger partial charge in [-0.05, 0) is 40.4 Å². The lowest BCUT2D eigenvalue weighted by Crippen LogP contribution is -2.36. The second kappa shape index (κ2) is 9.23. The van der Waals surface area contributed by atoms with Crippen LogP contribution in [0.4, 0.5) is 0 Å². The predicted molar refractivity (Wildman–Crippen MR) is 93.1 cm³/mol. The molecule has 0 bridgehead atoms. The molecule has 0 saturated carbocycles. The Morgan fingerprint density at radius 3 is 2.32 bits per heavy atom. The Labute approximate surface area is 136 Å². The minimum atomic E-state index is 0.675. The molecule has 0 aliphatic carbocycles. The Balaban J connectivity index is 1.77. The summed E-state index contributed by atoms with van der Waals surface area (Å²) in [5.74, 6) is 0.810. The van der Waals surface area contributed by atoms with E-state index >= 15 is 0 Å². The lowest BCUT2D eigenvalue weighted by molar-refractivity contribution is 0.134. The molecule has 0 amide bonds. The second-order valence-corrected chi connectivity index (χ2v) is 5.64. The van der Waals surface area contributed by atoms with Gasteiger partial charge in [-0.2, -0.15) is 11.3 Å². The normalized spacial score (nSPS) is 11.5. The van der Waals surface area contributed by atoms with Gasteiger partial charge in [0, 0.05) is 26.7 Å². The predicted octanol–water partition coefficient (Wildman–Crippen LogP) is 3.15. The molecule has 4 nitrogen and oxygen atoms in total. The van der Waals surface area contributed by atoms with Crippen molar-refractivity contribution in [1.29, 1.82) is 0 Å². The van der Waals surface area contributed by atoms with Crippen molar-refractivity contribution >= 4 is 17.3 Å². The van der Waals surface area contributed by atoms with Crippen LogP contribution in [0.2, 0.25) is 0 Å². The van der Waals surface area contributed by atoms with Crippen molar-refractivity contribution < 1.29 is 4.74 Å². The van der Waals surface area contributed by atoms with Gasteiger partial charge >= 0.3 is 0 Å². The summed E-state index contributed by atoms with van der Waals surface area (Å²) < 4.78 is 5.40. The Morgan fingerprint density at radius 1 is 1.05 bits per heavy atom. The summed E-state index contributed by atoms with van der Waals surface area (Å²) in [6.45, 7) is 4.96. The van der Waals surface area contributed by atoms with Gasteiger partial charge in [0.15, 0.2) is 5.96 Å². The summed E-state index contributed by atoms with van der Waals surface area (Å²) in [7, 11) is 1.79. The molecule has 1 aromatic carbocycles. The quantitative estimate of drug-likeness (QED) is 0.609. The molecule has 118 valence electrons. The number of guanidine groups is 1. The van der Waals surface area contributed by atoms with Crippen molar-refractivity contribution in [3.8, 4) is 0 Å². The van der Waals surface area contributed by atoms with Crippen LogP contribution in [0.3, 0.4) is 0 Å². The first kappa shape index (κ1) is 16.5. The van der Waals surface area contributed by atoms with Crippen LogP contribution in [0.5, 0.6) is 0 Å². The van der Waals surface area contributed by atoms with Gasteiger partial charge in [-0.1, -0.05) is 24.3 Å². The molecule has 1 heterocycles. The van der Waals surface area contributed by atoms with E-state index in [4.69, 9.17) is 4.74 Å². The summed E-state index contributed by atoms with van der Waals surface area (Å²) in [6, 6.07) is 10.6. The summed E-state index contributed by atoms with van der Waals surface area (Å²) in [5.41, 5.74) is 3.69. The van der Waals surface area contributed by atoms with Gasteiger partial charge in [0.25, 0.3) is 0 Å². The average Bonchev–Trinajstić information content (AvgIpc) is 3.07. The van der Waals surface area contributed by atoms with E-state index in [0.717, 1.165) is 25.7 Å². The molecule has 5 heteroatoms. The first-order chi connectivity index (χ1) is 10.8. The standard InChI is InChI=1S/C17H23N3OS/c1-3-21-12-15-6-4-14(5-7-15)10-19-17(18-2)20-11-16-8-9-22-13-16/h4-9,13H,3,10-12H2,1-2H3,(H2,18,19,20). The summed E-state index contributed by atoms with van der Waals surface area (Å²) in [6.07, 6.45) is 0. The van der Waals surface area contributed by atoms with E-state index in [0.29, 0.717) is 6.61 Å². The van der Waals surface area contributed by atoms with Gasteiger partial charge < -0.3 is 15.4 Å². The van der Waals surface area contributed by atoms with Gasteiger partial charge in [-0.25, -0.2) is 0 Å². The molecule has 0 aliphatic heterocycles. The fourth-order valence-electron chi connectivity index (χ4n) is 1.96. The summed E-state index contributed by atoms with van der Waals surface area (Å²) in [5, 5.41) is 10.8. The number of nitrogens with zero attached hydrogens (tertiary/aromatic N) is 1. The second-order valence-electron chi connectivity index (χ2n) is 4.86. The average molecular weight is 317 g/mol. The molecule has 22 heavy (non-hydrogen) atoms. The van der Waals surface area contributed by atoms with Crippen molar-refractivity contribution in [2.24, 2.45) is 4.99 Å². The van der Waals surface area contributed by atoms with E-state index in [9.17, 15) is 0 Å². The van der Waals surface area contributed by atoms with Gasteiger partial charge in [0.1, 0.15) is 0 Å². The molecule has 0 radical (unpaired) electrons. The molecule has 0 fully saturated rings. The van der Waals surface area contributed by atoms with Crippen molar-refractivity contribution in [2.75, 3.05) is 13.7 Å². The maximum absolute atomic E-state index is 5.40. The van der Waals surface area contributed by atoms with E-state index in [2.05, 4.69) is 56.7 Å². The largest absolute Gasteiger partial charge is 0.377 e. The fraction of sp³-hybridized carbons (Fsp3) is 0.353. The molecule has 0 aliphatic rings. The minimum Gasteiger partial charge on any atom is -0.377 e. The van der Waals surface area contributed by atoms with Crippen molar-refractivity contribution in [3.05, 3.63) is 57.8 Å². The maximum Gasteiger partial charge on any atom is 0.191 e. The van der Waals surface area contributed by atoms with Crippen molar-refractivity contribution in [2.45, 2.75) is 26.6 Å². The van der Waals surface area contributed by atoms with Crippen molar-refractivity contribution in [1.82, 2.24) is 10.6 Å². The lowest BCUT2D eigenvalue weighted by atomic mass is 10.1. The molecule has 2 rings (SSSR count). The zero-order chi connectivity index (χ0) is 15.6. The van der Waals surface area contributed by atoms with Gasteiger partial charge in [0.05, 0.1) is 6.61 Å². The maximum atomic E-state index is 5.40. The highest BCUT2D eigenvalue weighted by molar-refractivity contribution is 7.07. The highest BCUT2D eigenvalue weighted by atomic mass is 32.1. The van der Waals surface area contributed by atoms with Crippen LogP contribution in [0.15, 0.2) is 46.1 Å². The number of thiophene rings is 1. The number of rotatable bonds is 7. The Kier molecular flexibility index (Phi) is 6.93. The number of nitrogens with one attached hydrogen (secondary N) is 2. The minimum absolute atomic E-state index is 0.675. The lowest BCUT2D eigenvalue weighted by Gasteiger charge is -2.11. The molecular weight excluding hydrogens is 294 g/mol. The van der Waals surface area contributed by atoms with Crippen LogP contribution in [0.1, 0.15) is 23.6 Å². The SMILES string of the molecule is CCOCc1ccc(CNC(=NC)NCc2ccsc2)cc1. The Bertz CT molecular complexity index is 564. The highest BCUT2D eigenvalue weighted by Gasteiger charge is 2.00. The first-order valence-electron chi connectivity index (χ1n) is 7.43. The molecule has 2 N–H and O–H groups in total. The van der Waals surface area contributed by atoms with E-state index in [-0.39, 0.29) is 0 Å². The summed E-state index contributed by atoms with van der Waals surface area (Å²) in [4.78, 5) is 4.24. The first-order valence-corrected chi connectivity index (χ1v) is 8.37. The highest BCUT2D eigenvalue weighted by Crippen LogP contribution is 2.06. The molecular formula is C17H23N3OS. The smallest absolute Gasteiger partial charge is 0.191 e. The van der Waals surface area contributed by atoms with Gasteiger partial charge in [-0.15, -0.1) is 0 Å². The zero-order valence-electron chi connectivity index (χ0n) is 13.1. The van der Waals surface area contributed by atoms with Crippen LogP contribution in [0.25, 0.3) is 0 Å². The van der Waals surface area contributed by atoms with Crippen LogP contribution in [-0.4, -0.2) is 19.6 Å². The Morgan fingerprint density at radius 2 is 1.73 bits per heavy atom. The number of benzene rings is 1. The van der Waals surface area contributed by atoms with Crippen LogP contribution in [-0.2, 0) is 24.4 Å². The van der Waals surface area contributed by atoms with E-state index in [1.165, 1.54) is 16.7 Å². The van der Waals surface area contributed by atoms with Crippen LogP contribution < -0.4 is 10.6 Å². The van der Waals surface area contributed by atoms with Crippen LogP contribution >= 0.6 is 11.3 Å². The third-order valence-electron chi connectivity index (χ3n) is 3.22. The molecule has 2 aromatic rings. The Hall–Kier alpha value is -1.85. The number of ether oxygens (including phenoxy) is 1. The zero-order valence-corrected chi connectivity index (χ0v) is 14.0. The van der Waals surface area contributed by atoms with Crippen molar-refractivity contribution in [3.63, 3.8) is 0 Å². The molecule has 0 saturated heterocycles. The van der Waals surface area contributed by atoms with Crippen LogP contribution in [0, 0.1) is 0 Å². The van der Waals surface area contributed by atoms with Gasteiger partial charge in [-0.3, -0.25) is 4.99 Å². The molecule has 0 atom stereocenters. The fourth-order valence-corrected chi connectivity index (χ4v) is 2.63. The number of hydrogen-bond donors (Lipinski definition) is 2. The van der Waals surface area contributed by atoms with E-state index in [1.54, 1.807) is 18.4 Å². The van der Waals surface area contributed by atoms with E-state index < -0.39 is 0 Å². The topological polar surface area (TPSA) is 45.6 Å². The van der Waals surface area contributed by atoms with Gasteiger partial charge in [0.2, 0.25) is 0 Å².